The van der Waals surface area contributed by atoms with Crippen molar-refractivity contribution in [2.75, 3.05) is 22.1 Å². The number of rotatable bonds is 13. The Morgan fingerprint density at radius 1 is 1.00 bits per heavy atom. The molecule has 38 heavy (non-hydrogen) atoms. The Labute approximate surface area is 234 Å². The van der Waals surface area contributed by atoms with Crippen molar-refractivity contribution in [1.82, 2.24) is 20.2 Å². The van der Waals surface area contributed by atoms with Crippen molar-refractivity contribution in [3.63, 3.8) is 0 Å². The highest BCUT2D eigenvalue weighted by atomic mass is 32.2. The Morgan fingerprint density at radius 3 is 2.24 bits per heavy atom. The van der Waals surface area contributed by atoms with E-state index in [1.54, 1.807) is 11.8 Å². The molecular formula is C30H47N7S. The van der Waals surface area contributed by atoms with Crippen LogP contribution in [0.2, 0.25) is 0 Å². The quantitative estimate of drug-likeness (QED) is 0.188. The molecule has 0 amide bonds. The molecule has 208 valence electrons. The Kier molecular flexibility index (Phi) is 12.7. The van der Waals surface area contributed by atoms with Gasteiger partial charge in [-0.2, -0.15) is 5.10 Å². The number of benzene rings is 1. The van der Waals surface area contributed by atoms with Crippen LogP contribution >= 0.6 is 11.8 Å². The molecule has 2 unspecified atom stereocenters. The van der Waals surface area contributed by atoms with Crippen LogP contribution < -0.4 is 15.5 Å². The van der Waals surface area contributed by atoms with E-state index in [-0.39, 0.29) is 0 Å². The number of hydrogen-bond acceptors (Lipinski definition) is 7. The van der Waals surface area contributed by atoms with Crippen LogP contribution in [-0.4, -0.2) is 32.8 Å². The third-order valence-corrected chi connectivity index (χ3v) is 7.36. The number of aromatic amines is 1. The van der Waals surface area contributed by atoms with Crippen molar-refractivity contribution in [2.45, 2.75) is 91.2 Å². The topological polar surface area (TPSA) is 81.8 Å². The summed E-state index contributed by atoms with van der Waals surface area (Å²) in [5.41, 5.74) is 3.02. The normalized spacial score (nSPS) is 12.4. The number of hydrogen-bond donors (Lipinski definition) is 3. The second-order valence-corrected chi connectivity index (χ2v) is 10.8. The molecule has 0 aliphatic heterocycles. The molecule has 2 atom stereocenters. The molecule has 3 aromatic rings. The Hall–Kier alpha value is -3.00. The zero-order valence-corrected chi connectivity index (χ0v) is 25.5. The predicted molar refractivity (Wildman–Crippen MR) is 165 cm³/mol. The SMILES string of the molecule is C=C(CC)Nc1ccc(Sc2nc(Nc3cc(C)[nH]n3)cc(N(CC(C)C(C)CC)C(C)C)n2)cc1.CC. The zero-order valence-electron chi connectivity index (χ0n) is 24.7. The first-order valence-electron chi connectivity index (χ1n) is 13.9. The predicted octanol–water partition coefficient (Wildman–Crippen LogP) is 8.66. The minimum absolute atomic E-state index is 0.307. The van der Waals surface area contributed by atoms with Gasteiger partial charge in [0.05, 0.1) is 0 Å². The molecule has 0 radical (unpaired) electrons. The number of nitrogens with one attached hydrogen (secondary N) is 3. The standard InChI is InChI=1S/C28H41N7S.C2H6/c1-9-19(5)20(6)17-35(18(3)4)27-16-25(30-26-15-22(8)33-34-26)31-28(32-27)36-24-13-11-23(12-14-24)29-21(7)10-2;1-2/h11-16,18-20,29H,7,9-10,17H2,1-6,8H3,(H2,30,31,32,33,34);1-2H3. The second-order valence-electron chi connectivity index (χ2n) is 9.77. The van der Waals surface area contributed by atoms with Crippen molar-refractivity contribution in [2.24, 2.45) is 11.8 Å². The molecule has 2 heterocycles. The lowest BCUT2D eigenvalue weighted by Crippen LogP contribution is -2.37. The van der Waals surface area contributed by atoms with Crippen molar-refractivity contribution in [3.05, 3.63) is 54.4 Å². The summed E-state index contributed by atoms with van der Waals surface area (Å²) in [6.45, 7) is 24.4. The van der Waals surface area contributed by atoms with Gasteiger partial charge in [-0.15, -0.1) is 0 Å². The molecule has 0 aliphatic carbocycles. The average molecular weight is 538 g/mol. The first kappa shape index (κ1) is 31.2. The molecule has 0 saturated heterocycles. The number of nitrogens with zero attached hydrogens (tertiary/aromatic N) is 4. The number of allylic oxidation sites excluding steroid dienone is 1. The van der Waals surface area contributed by atoms with E-state index < -0.39 is 0 Å². The van der Waals surface area contributed by atoms with Gasteiger partial charge in [-0.1, -0.05) is 54.5 Å². The van der Waals surface area contributed by atoms with Crippen LogP contribution in [0.15, 0.2) is 58.7 Å². The van der Waals surface area contributed by atoms with Crippen LogP contribution in [0.5, 0.6) is 0 Å². The molecular weight excluding hydrogens is 490 g/mol. The fraction of sp³-hybridized carbons (Fsp3) is 0.500. The van der Waals surface area contributed by atoms with E-state index in [1.807, 2.05) is 32.9 Å². The van der Waals surface area contributed by atoms with Gasteiger partial charge in [0, 0.05) is 46.7 Å². The van der Waals surface area contributed by atoms with Crippen molar-refractivity contribution in [3.8, 4) is 0 Å². The minimum Gasteiger partial charge on any atom is -0.359 e. The first-order valence-corrected chi connectivity index (χ1v) is 14.7. The Morgan fingerprint density at radius 2 is 1.68 bits per heavy atom. The lowest BCUT2D eigenvalue weighted by molar-refractivity contribution is 0.368. The van der Waals surface area contributed by atoms with Gasteiger partial charge < -0.3 is 15.5 Å². The highest BCUT2D eigenvalue weighted by molar-refractivity contribution is 7.99. The molecule has 0 aliphatic rings. The van der Waals surface area contributed by atoms with E-state index in [4.69, 9.17) is 9.97 Å². The maximum atomic E-state index is 5.00. The van der Waals surface area contributed by atoms with E-state index in [1.165, 1.54) is 6.42 Å². The highest BCUT2D eigenvalue weighted by Crippen LogP contribution is 2.31. The number of aromatic nitrogens is 4. The van der Waals surface area contributed by atoms with Gasteiger partial charge in [0.1, 0.15) is 11.6 Å². The van der Waals surface area contributed by atoms with Crippen LogP contribution in [0, 0.1) is 18.8 Å². The lowest BCUT2D eigenvalue weighted by atomic mass is 9.93. The third kappa shape index (κ3) is 9.39. The average Bonchev–Trinajstić information content (AvgIpc) is 3.32. The molecule has 2 aromatic heterocycles. The summed E-state index contributed by atoms with van der Waals surface area (Å²) in [5, 5.41) is 14.7. The summed E-state index contributed by atoms with van der Waals surface area (Å²) in [5.74, 6) is 3.58. The van der Waals surface area contributed by atoms with Crippen LogP contribution in [0.1, 0.15) is 73.9 Å². The summed E-state index contributed by atoms with van der Waals surface area (Å²) < 4.78 is 0. The monoisotopic (exact) mass is 537 g/mol. The lowest BCUT2D eigenvalue weighted by Gasteiger charge is -2.33. The maximum absolute atomic E-state index is 5.00. The van der Waals surface area contributed by atoms with Gasteiger partial charge >= 0.3 is 0 Å². The van der Waals surface area contributed by atoms with E-state index in [9.17, 15) is 0 Å². The number of H-pyrrole nitrogens is 1. The Bertz CT molecular complexity index is 1120. The molecule has 0 spiro atoms. The molecule has 3 rings (SSSR count). The third-order valence-electron chi connectivity index (χ3n) is 6.48. The molecule has 0 fully saturated rings. The smallest absolute Gasteiger partial charge is 0.196 e. The molecule has 0 bridgehead atoms. The fourth-order valence-electron chi connectivity index (χ4n) is 3.75. The van der Waals surface area contributed by atoms with Gasteiger partial charge in [-0.3, -0.25) is 5.10 Å². The summed E-state index contributed by atoms with van der Waals surface area (Å²) in [4.78, 5) is 13.3. The first-order chi connectivity index (χ1) is 18.2. The summed E-state index contributed by atoms with van der Waals surface area (Å²) >= 11 is 1.56. The van der Waals surface area contributed by atoms with Crippen molar-refractivity contribution < 1.29 is 0 Å². The van der Waals surface area contributed by atoms with Crippen molar-refractivity contribution >= 4 is 34.9 Å². The van der Waals surface area contributed by atoms with E-state index in [2.05, 4.69) is 98.1 Å². The highest BCUT2D eigenvalue weighted by Gasteiger charge is 2.21. The van der Waals surface area contributed by atoms with Crippen molar-refractivity contribution in [1.29, 1.82) is 0 Å². The largest absolute Gasteiger partial charge is 0.359 e. The second kappa shape index (κ2) is 15.4. The molecule has 3 N–H and O–H groups in total. The van der Waals surface area contributed by atoms with E-state index >= 15 is 0 Å². The maximum Gasteiger partial charge on any atom is 0.196 e. The van der Waals surface area contributed by atoms with Crippen LogP contribution in [0.25, 0.3) is 0 Å². The summed E-state index contributed by atoms with van der Waals surface area (Å²) in [7, 11) is 0. The molecule has 7 nitrogen and oxygen atoms in total. The summed E-state index contributed by atoms with van der Waals surface area (Å²) in [6.07, 6.45) is 2.06. The van der Waals surface area contributed by atoms with E-state index in [0.717, 1.165) is 52.4 Å². The van der Waals surface area contributed by atoms with Gasteiger partial charge in [-0.25, -0.2) is 9.97 Å². The van der Waals surface area contributed by atoms with Gasteiger partial charge in [0.2, 0.25) is 0 Å². The molecule has 8 heteroatoms. The van der Waals surface area contributed by atoms with Gasteiger partial charge in [-0.05, 0) is 75.1 Å². The zero-order chi connectivity index (χ0) is 28.2. The van der Waals surface area contributed by atoms with Crippen LogP contribution in [-0.2, 0) is 0 Å². The van der Waals surface area contributed by atoms with Crippen LogP contribution in [0.4, 0.5) is 23.1 Å². The van der Waals surface area contributed by atoms with Gasteiger partial charge in [0.15, 0.2) is 11.0 Å². The number of aryl methyl sites for hydroxylation is 1. The summed E-state index contributed by atoms with van der Waals surface area (Å²) in [6, 6.07) is 12.6. The number of anilines is 4. The van der Waals surface area contributed by atoms with E-state index in [0.29, 0.717) is 23.0 Å². The van der Waals surface area contributed by atoms with Crippen LogP contribution in [0.3, 0.4) is 0 Å². The Balaban J connectivity index is 0.00000247. The molecule has 1 aromatic carbocycles. The molecule has 0 saturated carbocycles. The minimum atomic E-state index is 0.307. The van der Waals surface area contributed by atoms with Gasteiger partial charge in [0.25, 0.3) is 0 Å². The fourth-order valence-corrected chi connectivity index (χ4v) is 4.51.